The minimum atomic E-state index is -0.662. The Morgan fingerprint density at radius 2 is 1.76 bits per heavy atom. The van der Waals surface area contributed by atoms with Crippen molar-refractivity contribution < 1.29 is 19.1 Å². The molecule has 0 unspecified atom stereocenters. The molecule has 1 aliphatic rings. The van der Waals surface area contributed by atoms with E-state index in [1.54, 1.807) is 55.4 Å². The summed E-state index contributed by atoms with van der Waals surface area (Å²) in [5.74, 6) is -0.321. The lowest BCUT2D eigenvalue weighted by Gasteiger charge is -2.24. The van der Waals surface area contributed by atoms with E-state index in [1.165, 1.54) is 11.1 Å². The number of benzene rings is 2. The number of aryl methyl sites for hydroxylation is 2. The summed E-state index contributed by atoms with van der Waals surface area (Å²) >= 11 is 0. The number of carbonyl (C=O) groups is 3. The zero-order valence-corrected chi connectivity index (χ0v) is 21.9. The van der Waals surface area contributed by atoms with E-state index >= 15 is 0 Å². The Kier molecular flexibility index (Phi) is 6.14. The average molecular weight is 516 g/mol. The van der Waals surface area contributed by atoms with E-state index in [1.807, 2.05) is 31.2 Å². The summed E-state index contributed by atoms with van der Waals surface area (Å²) in [7, 11) is 1.80. The van der Waals surface area contributed by atoms with Crippen LogP contribution in [0.3, 0.4) is 0 Å². The van der Waals surface area contributed by atoms with Gasteiger partial charge in [0.15, 0.2) is 5.69 Å². The molecule has 0 radical (unpaired) electrons. The number of aromatic nitrogens is 4. The van der Waals surface area contributed by atoms with Crippen LogP contribution in [-0.2, 0) is 18.3 Å². The molecule has 4 aromatic rings. The Morgan fingerprint density at radius 3 is 2.50 bits per heavy atom. The summed E-state index contributed by atoms with van der Waals surface area (Å²) < 4.78 is 8.78. The number of hydrogen-bond donors (Lipinski definition) is 2. The summed E-state index contributed by atoms with van der Waals surface area (Å²) in [4.78, 5) is 40.3. The minimum absolute atomic E-state index is 0.271. The molecular formula is C27H29N7O4. The van der Waals surface area contributed by atoms with Crippen molar-refractivity contribution in [1.29, 1.82) is 0 Å². The molecule has 2 aromatic heterocycles. The quantitative estimate of drug-likeness (QED) is 0.417. The third kappa shape index (κ3) is 4.70. The van der Waals surface area contributed by atoms with Gasteiger partial charge in [0.1, 0.15) is 17.0 Å². The van der Waals surface area contributed by atoms with Gasteiger partial charge in [0, 0.05) is 23.8 Å². The van der Waals surface area contributed by atoms with Gasteiger partial charge in [-0.3, -0.25) is 19.2 Å². The number of amides is 3. The van der Waals surface area contributed by atoms with E-state index in [4.69, 9.17) is 4.74 Å². The van der Waals surface area contributed by atoms with Crippen molar-refractivity contribution in [3.63, 3.8) is 0 Å². The molecule has 38 heavy (non-hydrogen) atoms. The van der Waals surface area contributed by atoms with Crippen molar-refractivity contribution in [3.05, 3.63) is 65.5 Å². The fourth-order valence-electron chi connectivity index (χ4n) is 4.43. The van der Waals surface area contributed by atoms with Crippen molar-refractivity contribution in [2.45, 2.75) is 39.8 Å². The Morgan fingerprint density at radius 1 is 1.00 bits per heavy atom. The predicted octanol–water partition coefficient (Wildman–Crippen LogP) is 4.34. The molecule has 3 heterocycles. The SMILES string of the molecule is Cc1cc(NC(=O)c2nn(C)c3ccccc23)ccc1NC(=O)c1cnn2c1N(C(=O)OC(C)(C)C)CC2. The van der Waals surface area contributed by atoms with Crippen LogP contribution in [0.15, 0.2) is 48.7 Å². The first-order chi connectivity index (χ1) is 18.0. The second-order valence-electron chi connectivity index (χ2n) is 10.2. The first-order valence-electron chi connectivity index (χ1n) is 12.2. The normalized spacial score (nSPS) is 12.9. The molecule has 0 aliphatic carbocycles. The van der Waals surface area contributed by atoms with E-state index < -0.39 is 17.6 Å². The van der Waals surface area contributed by atoms with Crippen LogP contribution in [-0.4, -0.2) is 49.6 Å². The number of anilines is 3. The van der Waals surface area contributed by atoms with Crippen LogP contribution >= 0.6 is 0 Å². The first-order valence-corrected chi connectivity index (χ1v) is 12.2. The minimum Gasteiger partial charge on any atom is -0.443 e. The van der Waals surface area contributed by atoms with Gasteiger partial charge in [-0.1, -0.05) is 18.2 Å². The van der Waals surface area contributed by atoms with Crippen LogP contribution in [0.2, 0.25) is 0 Å². The highest BCUT2D eigenvalue weighted by molar-refractivity contribution is 6.12. The van der Waals surface area contributed by atoms with Gasteiger partial charge in [-0.15, -0.1) is 0 Å². The molecule has 0 atom stereocenters. The van der Waals surface area contributed by atoms with Crippen LogP contribution < -0.4 is 15.5 Å². The van der Waals surface area contributed by atoms with E-state index in [2.05, 4.69) is 20.8 Å². The monoisotopic (exact) mass is 515 g/mol. The Bertz CT molecular complexity index is 1580. The second-order valence-corrected chi connectivity index (χ2v) is 10.2. The summed E-state index contributed by atoms with van der Waals surface area (Å²) in [6.07, 6.45) is 0.922. The highest BCUT2D eigenvalue weighted by atomic mass is 16.6. The van der Waals surface area contributed by atoms with Gasteiger partial charge in [0.05, 0.1) is 24.8 Å². The van der Waals surface area contributed by atoms with E-state index in [-0.39, 0.29) is 11.5 Å². The van der Waals surface area contributed by atoms with E-state index in [9.17, 15) is 14.4 Å². The van der Waals surface area contributed by atoms with Crippen LogP contribution in [0, 0.1) is 6.92 Å². The molecule has 0 saturated heterocycles. The highest BCUT2D eigenvalue weighted by Gasteiger charge is 2.34. The first kappa shape index (κ1) is 25.0. The van der Waals surface area contributed by atoms with Crippen molar-refractivity contribution in [2.75, 3.05) is 22.1 Å². The molecule has 196 valence electrons. The summed E-state index contributed by atoms with van der Waals surface area (Å²) in [5, 5.41) is 15.2. The van der Waals surface area contributed by atoms with E-state index in [0.29, 0.717) is 36.0 Å². The molecule has 1 aliphatic heterocycles. The van der Waals surface area contributed by atoms with Crippen molar-refractivity contribution in [2.24, 2.45) is 7.05 Å². The standard InChI is InChI=1S/C27H29N7O4/c1-16-14-17(29-24(36)22-18-8-6-7-9-21(18)32(5)31-22)10-11-20(16)30-23(35)19-15-28-34-13-12-33(25(19)34)26(37)38-27(2,3)4/h6-11,14-15H,12-13H2,1-5H3,(H,29,36)(H,30,35). The van der Waals surface area contributed by atoms with Crippen molar-refractivity contribution >= 4 is 46.0 Å². The van der Waals surface area contributed by atoms with Gasteiger partial charge in [-0.2, -0.15) is 10.2 Å². The molecule has 2 N–H and O–H groups in total. The molecule has 11 heteroatoms. The summed E-state index contributed by atoms with van der Waals surface area (Å²) in [5.41, 5.74) is 2.69. The molecule has 5 rings (SSSR count). The van der Waals surface area contributed by atoms with Gasteiger partial charge in [-0.25, -0.2) is 9.48 Å². The van der Waals surface area contributed by atoms with E-state index in [0.717, 1.165) is 16.5 Å². The van der Waals surface area contributed by atoms with Crippen molar-refractivity contribution in [3.8, 4) is 0 Å². The third-order valence-electron chi connectivity index (χ3n) is 6.17. The predicted molar refractivity (Wildman–Crippen MR) is 144 cm³/mol. The number of ether oxygens (including phenoxy) is 1. The maximum absolute atomic E-state index is 13.2. The molecule has 0 fully saturated rings. The van der Waals surface area contributed by atoms with Crippen molar-refractivity contribution in [1.82, 2.24) is 19.6 Å². The maximum atomic E-state index is 13.2. The Labute approximate surface area is 219 Å². The maximum Gasteiger partial charge on any atom is 0.416 e. The summed E-state index contributed by atoms with van der Waals surface area (Å²) in [6, 6.07) is 12.7. The van der Waals surface area contributed by atoms with Gasteiger partial charge < -0.3 is 15.4 Å². The number of rotatable bonds is 4. The molecular weight excluding hydrogens is 486 g/mol. The molecule has 0 saturated carbocycles. The highest BCUT2D eigenvalue weighted by Crippen LogP contribution is 2.29. The Balaban J connectivity index is 1.31. The zero-order valence-electron chi connectivity index (χ0n) is 21.9. The smallest absolute Gasteiger partial charge is 0.416 e. The zero-order chi connectivity index (χ0) is 27.2. The molecule has 3 amide bonds. The fraction of sp³-hybridized carbons (Fsp3) is 0.296. The molecule has 11 nitrogen and oxygen atoms in total. The number of hydrogen-bond acceptors (Lipinski definition) is 6. The van der Waals surface area contributed by atoms with Gasteiger partial charge >= 0.3 is 6.09 Å². The van der Waals surface area contributed by atoms with Crippen LogP contribution in [0.1, 0.15) is 47.2 Å². The number of para-hydroxylation sites is 1. The average Bonchev–Trinajstić information content (AvgIpc) is 3.54. The fourth-order valence-corrected chi connectivity index (χ4v) is 4.43. The number of carbonyl (C=O) groups excluding carboxylic acids is 3. The third-order valence-corrected chi connectivity index (χ3v) is 6.17. The van der Waals surface area contributed by atoms with Gasteiger partial charge in [0.2, 0.25) is 0 Å². The molecule has 2 aromatic carbocycles. The number of fused-ring (bicyclic) bond motifs is 2. The lowest BCUT2D eigenvalue weighted by Crippen LogP contribution is -2.36. The largest absolute Gasteiger partial charge is 0.443 e. The van der Waals surface area contributed by atoms with Gasteiger partial charge in [0.25, 0.3) is 11.8 Å². The molecule has 0 bridgehead atoms. The lowest BCUT2D eigenvalue weighted by molar-refractivity contribution is 0.0583. The number of nitrogens with one attached hydrogen (secondary N) is 2. The topological polar surface area (TPSA) is 123 Å². The Hall–Kier alpha value is -4.67. The van der Waals surface area contributed by atoms with Gasteiger partial charge in [-0.05, 0) is 57.5 Å². The lowest BCUT2D eigenvalue weighted by atomic mass is 10.1. The summed E-state index contributed by atoms with van der Waals surface area (Å²) in [6.45, 7) is 8.05. The number of nitrogens with zero attached hydrogens (tertiary/aromatic N) is 5. The van der Waals surface area contributed by atoms with Crippen LogP contribution in [0.4, 0.5) is 22.0 Å². The molecule has 0 spiro atoms. The second kappa shape index (κ2) is 9.33. The van der Waals surface area contributed by atoms with Crippen LogP contribution in [0.5, 0.6) is 0 Å². The van der Waals surface area contributed by atoms with Crippen LogP contribution in [0.25, 0.3) is 10.9 Å².